The molecule has 1 saturated heterocycles. The van der Waals surface area contributed by atoms with Crippen molar-refractivity contribution < 1.29 is 14.3 Å². The highest BCUT2D eigenvalue weighted by Gasteiger charge is 2.34. The van der Waals surface area contributed by atoms with Crippen LogP contribution in [0.3, 0.4) is 0 Å². The lowest BCUT2D eigenvalue weighted by Crippen LogP contribution is -2.28. The minimum Gasteiger partial charge on any atom is -0.486 e. The van der Waals surface area contributed by atoms with Gasteiger partial charge in [-0.1, -0.05) is 59.4 Å². The molecule has 0 spiro atoms. The number of amides is 2. The molecule has 1 aliphatic rings. The van der Waals surface area contributed by atoms with Crippen molar-refractivity contribution in [2.45, 2.75) is 20.0 Å². The van der Waals surface area contributed by atoms with E-state index in [0.29, 0.717) is 39.2 Å². The van der Waals surface area contributed by atoms with Crippen LogP contribution in [0.4, 0.5) is 4.79 Å². The first-order chi connectivity index (χ1) is 13.8. The molecule has 2 aromatic carbocycles. The SMILES string of the molecule is CCCN1C(=O)S/C(=C/c2cc(Cl)c(OCc3ccc(Cl)cc3Cl)c(Cl)c2)C1=O. The number of nitrogens with zero attached hydrogens (tertiary/aromatic N) is 1. The van der Waals surface area contributed by atoms with Crippen molar-refractivity contribution in [1.29, 1.82) is 0 Å². The van der Waals surface area contributed by atoms with E-state index in [4.69, 9.17) is 51.1 Å². The summed E-state index contributed by atoms with van der Waals surface area (Å²) in [5.74, 6) is -0.0117. The predicted octanol–water partition coefficient (Wildman–Crippen LogP) is 7.33. The molecule has 2 amide bonds. The van der Waals surface area contributed by atoms with Crippen molar-refractivity contribution in [2.24, 2.45) is 0 Å². The number of thioether (sulfide) groups is 1. The largest absolute Gasteiger partial charge is 0.486 e. The molecule has 0 saturated carbocycles. The minimum absolute atomic E-state index is 0.157. The molecule has 4 nitrogen and oxygen atoms in total. The number of imide groups is 1. The molecule has 0 N–H and O–H groups in total. The Balaban J connectivity index is 1.79. The maximum absolute atomic E-state index is 12.4. The Kier molecular flexibility index (Phi) is 7.41. The van der Waals surface area contributed by atoms with Crippen LogP contribution in [0.15, 0.2) is 35.2 Å². The maximum Gasteiger partial charge on any atom is 0.293 e. The summed E-state index contributed by atoms with van der Waals surface area (Å²) in [6.07, 6.45) is 2.30. The summed E-state index contributed by atoms with van der Waals surface area (Å²) in [6, 6.07) is 8.34. The Morgan fingerprint density at radius 3 is 2.34 bits per heavy atom. The molecule has 9 heteroatoms. The van der Waals surface area contributed by atoms with Crippen LogP contribution in [0.25, 0.3) is 6.08 Å². The lowest BCUT2D eigenvalue weighted by Gasteiger charge is -2.12. The second-order valence-corrected chi connectivity index (χ2v) is 8.82. The lowest BCUT2D eigenvalue weighted by molar-refractivity contribution is -0.122. The van der Waals surface area contributed by atoms with Crippen LogP contribution >= 0.6 is 58.2 Å². The first-order valence-electron chi connectivity index (χ1n) is 8.61. The second kappa shape index (κ2) is 9.63. The van der Waals surface area contributed by atoms with Gasteiger partial charge in [-0.3, -0.25) is 14.5 Å². The zero-order valence-electron chi connectivity index (χ0n) is 15.2. The molecule has 29 heavy (non-hydrogen) atoms. The summed E-state index contributed by atoms with van der Waals surface area (Å²) in [5, 5.41) is 1.29. The maximum atomic E-state index is 12.4. The van der Waals surface area contributed by atoms with Gasteiger partial charge in [-0.25, -0.2) is 0 Å². The van der Waals surface area contributed by atoms with Crippen LogP contribution in [0, 0.1) is 0 Å². The summed E-state index contributed by atoms with van der Waals surface area (Å²) in [7, 11) is 0. The highest BCUT2D eigenvalue weighted by molar-refractivity contribution is 8.18. The number of ether oxygens (including phenoxy) is 1. The Bertz CT molecular complexity index is 986. The fourth-order valence-electron chi connectivity index (χ4n) is 2.66. The van der Waals surface area contributed by atoms with Crippen molar-refractivity contribution in [3.8, 4) is 5.75 Å². The molecule has 1 fully saturated rings. The Morgan fingerprint density at radius 1 is 1.03 bits per heavy atom. The van der Waals surface area contributed by atoms with Crippen molar-refractivity contribution in [1.82, 2.24) is 4.90 Å². The first-order valence-corrected chi connectivity index (χ1v) is 10.9. The zero-order valence-corrected chi connectivity index (χ0v) is 19.0. The summed E-state index contributed by atoms with van der Waals surface area (Å²) < 4.78 is 5.74. The molecule has 1 aliphatic heterocycles. The highest BCUT2D eigenvalue weighted by atomic mass is 35.5. The number of halogens is 4. The number of hydrogen-bond acceptors (Lipinski definition) is 4. The highest BCUT2D eigenvalue weighted by Crippen LogP contribution is 2.38. The molecule has 1 heterocycles. The van der Waals surface area contributed by atoms with Crippen LogP contribution < -0.4 is 4.74 Å². The molecule has 152 valence electrons. The van der Waals surface area contributed by atoms with Gasteiger partial charge in [0, 0.05) is 22.2 Å². The van der Waals surface area contributed by atoms with E-state index in [1.54, 1.807) is 36.4 Å². The number of hydrogen-bond donors (Lipinski definition) is 0. The Morgan fingerprint density at radius 2 is 1.72 bits per heavy atom. The van der Waals surface area contributed by atoms with Gasteiger partial charge < -0.3 is 4.74 Å². The summed E-state index contributed by atoms with van der Waals surface area (Å²) in [4.78, 5) is 25.9. The second-order valence-electron chi connectivity index (χ2n) is 6.17. The van der Waals surface area contributed by atoms with Crippen molar-refractivity contribution in [3.05, 3.63) is 66.5 Å². The molecule has 3 rings (SSSR count). The minimum atomic E-state index is -0.313. The smallest absolute Gasteiger partial charge is 0.293 e. The van der Waals surface area contributed by atoms with Gasteiger partial charge in [0.25, 0.3) is 11.1 Å². The zero-order chi connectivity index (χ0) is 21.1. The monoisotopic (exact) mass is 489 g/mol. The summed E-state index contributed by atoms with van der Waals surface area (Å²) in [5.41, 5.74) is 1.33. The van der Waals surface area contributed by atoms with Gasteiger partial charge in [0.1, 0.15) is 6.61 Å². The van der Waals surface area contributed by atoms with Gasteiger partial charge in [-0.2, -0.15) is 0 Å². The fraction of sp³-hybridized carbons (Fsp3) is 0.200. The van der Waals surface area contributed by atoms with Gasteiger partial charge in [-0.15, -0.1) is 0 Å². The average Bonchev–Trinajstić information content (AvgIpc) is 2.90. The van der Waals surface area contributed by atoms with E-state index >= 15 is 0 Å². The van der Waals surface area contributed by atoms with Crippen molar-refractivity contribution >= 4 is 75.4 Å². The summed E-state index contributed by atoms with van der Waals surface area (Å²) >= 11 is 25.6. The van der Waals surface area contributed by atoms with Crippen LogP contribution in [0.2, 0.25) is 20.1 Å². The standard InChI is InChI=1S/C20H15Cl4NO3S/c1-2-5-25-19(26)17(29-20(25)27)8-11-6-15(23)18(16(24)7-11)28-10-12-3-4-13(21)9-14(12)22/h3-4,6-9H,2,5,10H2,1H3/b17-8+. The molecule has 0 unspecified atom stereocenters. The van der Waals surface area contributed by atoms with E-state index in [0.717, 1.165) is 17.3 Å². The predicted molar refractivity (Wildman–Crippen MR) is 120 cm³/mol. The van der Waals surface area contributed by atoms with Crippen molar-refractivity contribution in [3.63, 3.8) is 0 Å². The molecule has 0 atom stereocenters. The van der Waals surface area contributed by atoms with Gasteiger partial charge in [-0.05, 0) is 54.1 Å². The van der Waals surface area contributed by atoms with Gasteiger partial charge in [0.2, 0.25) is 0 Å². The molecule has 0 aromatic heterocycles. The molecule has 2 aromatic rings. The quantitative estimate of drug-likeness (QED) is 0.397. The molecule has 0 aliphatic carbocycles. The van der Waals surface area contributed by atoms with Crippen LogP contribution in [0.1, 0.15) is 24.5 Å². The molecule has 0 radical (unpaired) electrons. The Labute approximate surface area is 192 Å². The van der Waals surface area contributed by atoms with E-state index in [-0.39, 0.29) is 27.8 Å². The van der Waals surface area contributed by atoms with Crippen molar-refractivity contribution in [2.75, 3.05) is 6.54 Å². The third-order valence-corrected chi connectivity index (χ3v) is 6.08. The van der Waals surface area contributed by atoms with E-state index in [1.165, 1.54) is 4.90 Å². The van der Waals surface area contributed by atoms with Crippen LogP contribution in [-0.4, -0.2) is 22.6 Å². The number of benzene rings is 2. The van der Waals surface area contributed by atoms with E-state index in [2.05, 4.69) is 0 Å². The third kappa shape index (κ3) is 5.22. The van der Waals surface area contributed by atoms with E-state index in [1.807, 2.05) is 6.92 Å². The third-order valence-electron chi connectivity index (χ3n) is 4.03. The average molecular weight is 491 g/mol. The van der Waals surface area contributed by atoms with Gasteiger partial charge >= 0.3 is 0 Å². The van der Waals surface area contributed by atoms with Gasteiger partial charge in [0.05, 0.1) is 15.0 Å². The number of rotatable bonds is 6. The van der Waals surface area contributed by atoms with E-state index in [9.17, 15) is 9.59 Å². The topological polar surface area (TPSA) is 46.6 Å². The number of carbonyl (C=O) groups is 2. The lowest BCUT2D eigenvalue weighted by atomic mass is 10.2. The molecular formula is C20H15Cl4NO3S. The molecular weight excluding hydrogens is 476 g/mol. The number of carbonyl (C=O) groups excluding carboxylic acids is 2. The summed E-state index contributed by atoms with van der Waals surface area (Å²) in [6.45, 7) is 2.46. The van der Waals surface area contributed by atoms with Crippen LogP contribution in [0.5, 0.6) is 5.75 Å². The van der Waals surface area contributed by atoms with Crippen LogP contribution in [-0.2, 0) is 11.4 Å². The van der Waals surface area contributed by atoms with Gasteiger partial charge in [0.15, 0.2) is 5.75 Å². The normalized spacial score (nSPS) is 15.5. The van der Waals surface area contributed by atoms with E-state index < -0.39 is 0 Å². The Hall–Kier alpha value is -1.37. The first kappa shape index (κ1) is 22.3. The molecule has 0 bridgehead atoms. The fourth-order valence-corrected chi connectivity index (χ4v) is 4.60.